The third-order valence-electron chi connectivity index (χ3n) is 2.82. The highest BCUT2D eigenvalue weighted by Gasteiger charge is 2.23. The van der Waals surface area contributed by atoms with Gasteiger partial charge in [0.05, 0.1) is 0 Å². The first-order chi connectivity index (χ1) is 8.08. The average molecular weight is 238 g/mol. The van der Waals surface area contributed by atoms with Crippen molar-refractivity contribution < 1.29 is 19.1 Å². The molecule has 0 spiro atoms. The molecule has 6 nitrogen and oxygen atoms in total. The molecule has 1 saturated heterocycles. The van der Waals surface area contributed by atoms with E-state index in [-0.39, 0.29) is 17.4 Å². The van der Waals surface area contributed by atoms with Gasteiger partial charge < -0.3 is 19.3 Å². The quantitative estimate of drug-likeness (QED) is 0.805. The van der Waals surface area contributed by atoms with Gasteiger partial charge in [-0.3, -0.25) is 4.79 Å². The third-order valence-corrected chi connectivity index (χ3v) is 2.82. The van der Waals surface area contributed by atoms with Crippen LogP contribution in [0.25, 0.3) is 0 Å². The van der Waals surface area contributed by atoms with E-state index >= 15 is 0 Å². The summed E-state index contributed by atoms with van der Waals surface area (Å²) in [6.45, 7) is 2.91. The fourth-order valence-corrected chi connectivity index (χ4v) is 1.73. The van der Waals surface area contributed by atoms with E-state index in [0.29, 0.717) is 13.1 Å². The molecule has 2 heterocycles. The standard InChI is InChI=1S/C11H14N2O4/c1-12-4-6-13(7-5-12)10(14)8-2-3-9(17-8)11(15)16/h2-3H,4-7H2,1H3,(H,15,16). The SMILES string of the molecule is CN1CCN(C(=O)c2ccc(C(=O)O)o2)CC1. The van der Waals surface area contributed by atoms with Crippen LogP contribution in [0.1, 0.15) is 21.1 Å². The fraction of sp³-hybridized carbons (Fsp3) is 0.455. The second-order valence-electron chi connectivity index (χ2n) is 4.06. The topological polar surface area (TPSA) is 74.0 Å². The van der Waals surface area contributed by atoms with Crippen LogP contribution in [0, 0.1) is 0 Å². The Morgan fingerprint density at radius 1 is 1.18 bits per heavy atom. The van der Waals surface area contributed by atoms with Crippen LogP contribution in [0.4, 0.5) is 0 Å². The van der Waals surface area contributed by atoms with Crippen LogP contribution in [0.3, 0.4) is 0 Å². The summed E-state index contributed by atoms with van der Waals surface area (Å²) in [4.78, 5) is 26.4. The Kier molecular flexibility index (Phi) is 3.14. The number of piperazine rings is 1. The molecule has 1 aromatic rings. The molecule has 92 valence electrons. The van der Waals surface area contributed by atoms with E-state index in [9.17, 15) is 9.59 Å². The molecule has 1 amide bonds. The minimum absolute atomic E-state index is 0.0898. The van der Waals surface area contributed by atoms with Crippen molar-refractivity contribution in [2.24, 2.45) is 0 Å². The van der Waals surface area contributed by atoms with E-state index < -0.39 is 5.97 Å². The van der Waals surface area contributed by atoms with Crippen LogP contribution < -0.4 is 0 Å². The lowest BCUT2D eigenvalue weighted by atomic mass is 10.3. The number of furan rings is 1. The van der Waals surface area contributed by atoms with Gasteiger partial charge in [-0.15, -0.1) is 0 Å². The minimum atomic E-state index is -1.16. The van der Waals surface area contributed by atoms with Gasteiger partial charge in [-0.25, -0.2) is 4.79 Å². The first kappa shape index (κ1) is 11.7. The van der Waals surface area contributed by atoms with E-state index in [1.807, 2.05) is 7.05 Å². The van der Waals surface area contributed by atoms with Crippen molar-refractivity contribution in [2.45, 2.75) is 0 Å². The lowest BCUT2D eigenvalue weighted by Gasteiger charge is -2.31. The van der Waals surface area contributed by atoms with Gasteiger partial charge in [-0.05, 0) is 19.2 Å². The molecule has 17 heavy (non-hydrogen) atoms. The normalized spacial score (nSPS) is 17.1. The second kappa shape index (κ2) is 4.58. The van der Waals surface area contributed by atoms with Gasteiger partial charge in [0.15, 0.2) is 5.76 Å². The smallest absolute Gasteiger partial charge is 0.371 e. The first-order valence-corrected chi connectivity index (χ1v) is 5.39. The number of aromatic carboxylic acids is 1. The highest BCUT2D eigenvalue weighted by Crippen LogP contribution is 2.12. The molecule has 1 aliphatic rings. The maximum atomic E-state index is 12.0. The number of carboxylic acids is 1. The largest absolute Gasteiger partial charge is 0.475 e. The molecule has 0 bridgehead atoms. The molecule has 0 aliphatic carbocycles. The van der Waals surface area contributed by atoms with Gasteiger partial charge in [-0.1, -0.05) is 0 Å². The Morgan fingerprint density at radius 3 is 2.29 bits per heavy atom. The number of carbonyl (C=O) groups excluding carboxylic acids is 1. The van der Waals surface area contributed by atoms with Gasteiger partial charge >= 0.3 is 5.97 Å². The molecule has 0 saturated carbocycles. The number of amides is 1. The monoisotopic (exact) mass is 238 g/mol. The molecule has 1 aliphatic heterocycles. The Morgan fingerprint density at radius 2 is 1.76 bits per heavy atom. The highest BCUT2D eigenvalue weighted by atomic mass is 16.4. The number of likely N-dealkylation sites (N-methyl/N-ethyl adjacent to an activating group) is 1. The Balaban J connectivity index is 2.06. The maximum Gasteiger partial charge on any atom is 0.371 e. The lowest BCUT2D eigenvalue weighted by Crippen LogP contribution is -2.47. The summed E-state index contributed by atoms with van der Waals surface area (Å²) in [5, 5.41) is 8.70. The van der Waals surface area contributed by atoms with Crippen molar-refractivity contribution in [1.82, 2.24) is 9.80 Å². The van der Waals surface area contributed by atoms with Crippen molar-refractivity contribution in [3.05, 3.63) is 23.7 Å². The zero-order valence-corrected chi connectivity index (χ0v) is 9.55. The van der Waals surface area contributed by atoms with Gasteiger partial charge in [0.2, 0.25) is 5.76 Å². The van der Waals surface area contributed by atoms with Gasteiger partial charge in [0.1, 0.15) is 0 Å². The number of nitrogens with zero attached hydrogens (tertiary/aromatic N) is 2. The summed E-state index contributed by atoms with van der Waals surface area (Å²) < 4.78 is 4.98. The highest BCUT2D eigenvalue weighted by molar-refractivity contribution is 5.93. The van der Waals surface area contributed by atoms with Crippen LogP contribution in [0.15, 0.2) is 16.5 Å². The number of rotatable bonds is 2. The second-order valence-corrected chi connectivity index (χ2v) is 4.06. The van der Waals surface area contributed by atoms with Crippen LogP contribution in [0.2, 0.25) is 0 Å². The summed E-state index contributed by atoms with van der Waals surface area (Å²) in [7, 11) is 2.00. The number of hydrogen-bond acceptors (Lipinski definition) is 4. The molecule has 0 radical (unpaired) electrons. The fourth-order valence-electron chi connectivity index (χ4n) is 1.73. The summed E-state index contributed by atoms with van der Waals surface area (Å²) in [5.41, 5.74) is 0. The molecule has 1 fully saturated rings. The minimum Gasteiger partial charge on any atom is -0.475 e. The van der Waals surface area contributed by atoms with E-state index in [1.54, 1.807) is 4.90 Å². The Bertz CT molecular complexity index is 432. The Hall–Kier alpha value is -1.82. The zero-order chi connectivity index (χ0) is 12.4. The van der Waals surface area contributed by atoms with Crippen molar-refractivity contribution in [1.29, 1.82) is 0 Å². The van der Waals surface area contributed by atoms with Crippen molar-refractivity contribution in [2.75, 3.05) is 33.2 Å². The van der Waals surface area contributed by atoms with Crippen LogP contribution >= 0.6 is 0 Å². The van der Waals surface area contributed by atoms with E-state index in [4.69, 9.17) is 9.52 Å². The molecule has 2 rings (SSSR count). The Labute approximate surface area is 98.4 Å². The molecular formula is C11H14N2O4. The molecule has 1 aromatic heterocycles. The number of carbonyl (C=O) groups is 2. The molecular weight excluding hydrogens is 224 g/mol. The number of carboxylic acid groups (broad SMARTS) is 1. The van der Waals surface area contributed by atoms with Gasteiger partial charge in [0.25, 0.3) is 5.91 Å². The molecule has 6 heteroatoms. The maximum absolute atomic E-state index is 12.0. The summed E-state index contributed by atoms with van der Waals surface area (Å²) in [6, 6.07) is 2.70. The third kappa shape index (κ3) is 2.47. The van der Waals surface area contributed by atoms with Crippen molar-refractivity contribution >= 4 is 11.9 Å². The van der Waals surface area contributed by atoms with Gasteiger partial charge in [0, 0.05) is 26.2 Å². The van der Waals surface area contributed by atoms with Gasteiger partial charge in [-0.2, -0.15) is 0 Å². The zero-order valence-electron chi connectivity index (χ0n) is 9.55. The van der Waals surface area contributed by atoms with E-state index in [1.165, 1.54) is 12.1 Å². The van der Waals surface area contributed by atoms with E-state index in [2.05, 4.69) is 4.90 Å². The number of hydrogen-bond donors (Lipinski definition) is 1. The van der Waals surface area contributed by atoms with E-state index in [0.717, 1.165) is 13.1 Å². The molecule has 0 atom stereocenters. The predicted octanol–water partition coefficient (Wildman–Crippen LogP) is 0.365. The van der Waals surface area contributed by atoms with Crippen LogP contribution in [0.5, 0.6) is 0 Å². The van der Waals surface area contributed by atoms with Crippen LogP contribution in [-0.4, -0.2) is 60.0 Å². The average Bonchev–Trinajstić information content (AvgIpc) is 2.78. The van der Waals surface area contributed by atoms with Crippen molar-refractivity contribution in [3.63, 3.8) is 0 Å². The first-order valence-electron chi connectivity index (χ1n) is 5.39. The van der Waals surface area contributed by atoms with Crippen LogP contribution in [-0.2, 0) is 0 Å². The molecule has 0 unspecified atom stereocenters. The summed E-state index contributed by atoms with van der Waals surface area (Å²) in [5.74, 6) is -1.53. The molecule has 1 N–H and O–H groups in total. The summed E-state index contributed by atoms with van der Waals surface area (Å²) >= 11 is 0. The summed E-state index contributed by atoms with van der Waals surface area (Å²) in [6.07, 6.45) is 0. The predicted molar refractivity (Wildman–Crippen MR) is 59.1 cm³/mol. The molecule has 0 aromatic carbocycles. The van der Waals surface area contributed by atoms with Crippen molar-refractivity contribution in [3.8, 4) is 0 Å². The lowest BCUT2D eigenvalue weighted by molar-refractivity contribution is 0.0613.